The molecule has 0 bridgehead atoms. The van der Waals surface area contributed by atoms with Crippen molar-refractivity contribution in [3.05, 3.63) is 54.4 Å². The van der Waals surface area contributed by atoms with Gasteiger partial charge in [0.05, 0.1) is 18.7 Å². The minimum Gasteiger partial charge on any atom is -0.394 e. The highest BCUT2D eigenvalue weighted by atomic mass is 16.3. The van der Waals surface area contributed by atoms with Gasteiger partial charge in [0.2, 0.25) is 11.8 Å². The molecule has 1 aliphatic rings. The highest BCUT2D eigenvalue weighted by molar-refractivity contribution is 5.77. The predicted molar refractivity (Wildman–Crippen MR) is 108 cm³/mol. The molecule has 1 aliphatic heterocycles. The maximum absolute atomic E-state index is 12.1. The third-order valence-corrected chi connectivity index (χ3v) is 5.57. The molecule has 0 aliphatic carbocycles. The third-order valence-electron chi connectivity index (χ3n) is 5.57. The normalized spacial score (nSPS) is 21.1. The standard InChI is InChI=1S/C22H27N3O3/c1-4-21(28)24(3)13-19-22(20(14-26)25(19)15(2)27)17-9-7-16(8-10-17)18-6-5-11-23-12-18/h5-12,19-20,22,26H,4,13-14H2,1-3H3/t19-,20+,22-/m0/s1. The summed E-state index contributed by atoms with van der Waals surface area (Å²) in [7, 11) is 1.76. The molecule has 1 saturated heterocycles. The van der Waals surface area contributed by atoms with Crippen molar-refractivity contribution < 1.29 is 14.7 Å². The largest absolute Gasteiger partial charge is 0.394 e. The van der Waals surface area contributed by atoms with Crippen LogP contribution in [-0.4, -0.2) is 64.0 Å². The first kappa shape index (κ1) is 20.0. The fraction of sp³-hybridized carbons (Fsp3) is 0.409. The van der Waals surface area contributed by atoms with Gasteiger partial charge in [-0.05, 0) is 22.8 Å². The molecule has 1 aromatic heterocycles. The second-order valence-corrected chi connectivity index (χ2v) is 7.26. The lowest BCUT2D eigenvalue weighted by Crippen LogP contribution is -2.68. The summed E-state index contributed by atoms with van der Waals surface area (Å²) < 4.78 is 0. The Morgan fingerprint density at radius 1 is 1.14 bits per heavy atom. The number of aromatic nitrogens is 1. The fourth-order valence-corrected chi connectivity index (χ4v) is 4.14. The summed E-state index contributed by atoms with van der Waals surface area (Å²) in [6, 6.07) is 11.7. The van der Waals surface area contributed by atoms with Crippen molar-refractivity contribution in [2.75, 3.05) is 20.2 Å². The van der Waals surface area contributed by atoms with Gasteiger partial charge in [0.1, 0.15) is 0 Å². The van der Waals surface area contributed by atoms with E-state index in [-0.39, 0.29) is 36.4 Å². The number of hydrogen-bond acceptors (Lipinski definition) is 4. The number of benzene rings is 1. The molecule has 6 heteroatoms. The smallest absolute Gasteiger partial charge is 0.222 e. The van der Waals surface area contributed by atoms with Gasteiger partial charge >= 0.3 is 0 Å². The lowest BCUT2D eigenvalue weighted by molar-refractivity contribution is -0.151. The van der Waals surface area contributed by atoms with Gasteiger partial charge < -0.3 is 14.9 Å². The number of nitrogens with zero attached hydrogens (tertiary/aromatic N) is 3. The molecule has 1 aromatic carbocycles. The average molecular weight is 381 g/mol. The molecule has 28 heavy (non-hydrogen) atoms. The van der Waals surface area contributed by atoms with Crippen molar-refractivity contribution >= 4 is 11.8 Å². The summed E-state index contributed by atoms with van der Waals surface area (Å²) >= 11 is 0. The van der Waals surface area contributed by atoms with Gasteiger partial charge in [-0.25, -0.2) is 0 Å². The fourth-order valence-electron chi connectivity index (χ4n) is 4.14. The molecule has 0 unspecified atom stereocenters. The first-order chi connectivity index (χ1) is 13.5. The van der Waals surface area contributed by atoms with Gasteiger partial charge in [-0.15, -0.1) is 0 Å². The molecule has 3 atom stereocenters. The van der Waals surface area contributed by atoms with Crippen LogP contribution in [0.4, 0.5) is 0 Å². The number of carbonyl (C=O) groups excluding carboxylic acids is 2. The Morgan fingerprint density at radius 2 is 1.86 bits per heavy atom. The molecule has 1 N–H and O–H groups in total. The highest BCUT2D eigenvalue weighted by Crippen LogP contribution is 2.41. The van der Waals surface area contributed by atoms with E-state index >= 15 is 0 Å². The maximum atomic E-state index is 12.1. The third kappa shape index (κ3) is 3.78. The van der Waals surface area contributed by atoms with E-state index in [1.165, 1.54) is 6.92 Å². The molecule has 1 fully saturated rings. The Bertz CT molecular complexity index is 823. The first-order valence-corrected chi connectivity index (χ1v) is 9.62. The number of amides is 2. The summed E-state index contributed by atoms with van der Waals surface area (Å²) in [5.41, 5.74) is 3.16. The van der Waals surface area contributed by atoms with Crippen molar-refractivity contribution in [3.63, 3.8) is 0 Å². The minimum atomic E-state index is -0.267. The summed E-state index contributed by atoms with van der Waals surface area (Å²) in [4.78, 5) is 31.7. The van der Waals surface area contributed by atoms with Crippen molar-refractivity contribution in [1.82, 2.24) is 14.8 Å². The lowest BCUT2D eigenvalue weighted by atomic mass is 9.74. The summed E-state index contributed by atoms with van der Waals surface area (Å²) in [5.74, 6) is -0.0461. The molecular weight excluding hydrogens is 354 g/mol. The summed E-state index contributed by atoms with van der Waals surface area (Å²) in [6.45, 7) is 3.70. The molecule has 0 radical (unpaired) electrons. The van der Waals surface area contributed by atoms with E-state index in [4.69, 9.17) is 0 Å². The number of rotatable bonds is 6. The molecule has 6 nitrogen and oxygen atoms in total. The van der Waals surface area contributed by atoms with Gasteiger partial charge in [0.15, 0.2) is 0 Å². The van der Waals surface area contributed by atoms with E-state index in [0.29, 0.717) is 13.0 Å². The second kappa shape index (κ2) is 8.52. The number of hydrogen-bond donors (Lipinski definition) is 1. The van der Waals surface area contributed by atoms with E-state index in [1.807, 2.05) is 49.5 Å². The zero-order chi connectivity index (χ0) is 20.3. The van der Waals surface area contributed by atoms with E-state index in [0.717, 1.165) is 16.7 Å². The van der Waals surface area contributed by atoms with E-state index in [9.17, 15) is 14.7 Å². The van der Waals surface area contributed by atoms with Crippen LogP contribution in [0, 0.1) is 0 Å². The SMILES string of the molecule is CCC(=O)N(C)C[C@H]1[C@H](c2ccc(-c3cccnc3)cc2)[C@@H](CO)N1C(C)=O. The molecule has 148 valence electrons. The zero-order valence-electron chi connectivity index (χ0n) is 16.6. The second-order valence-electron chi connectivity index (χ2n) is 7.26. The number of aliphatic hydroxyl groups is 1. The summed E-state index contributed by atoms with van der Waals surface area (Å²) in [6.07, 6.45) is 3.99. The van der Waals surface area contributed by atoms with Crippen LogP contribution in [0.3, 0.4) is 0 Å². The monoisotopic (exact) mass is 381 g/mol. The number of pyridine rings is 1. The topological polar surface area (TPSA) is 73.7 Å². The zero-order valence-corrected chi connectivity index (χ0v) is 16.6. The van der Waals surface area contributed by atoms with Crippen molar-refractivity contribution in [3.8, 4) is 11.1 Å². The van der Waals surface area contributed by atoms with Crippen LogP contribution < -0.4 is 0 Å². The van der Waals surface area contributed by atoms with Crippen LogP contribution in [-0.2, 0) is 9.59 Å². The molecule has 2 heterocycles. The number of carbonyl (C=O) groups is 2. The van der Waals surface area contributed by atoms with Crippen LogP contribution in [0.1, 0.15) is 31.7 Å². The highest BCUT2D eigenvalue weighted by Gasteiger charge is 2.50. The first-order valence-electron chi connectivity index (χ1n) is 9.62. The van der Waals surface area contributed by atoms with Crippen molar-refractivity contribution in [2.24, 2.45) is 0 Å². The molecule has 3 rings (SSSR count). The van der Waals surface area contributed by atoms with Gasteiger partial charge in [0.25, 0.3) is 0 Å². The molecular formula is C22H27N3O3. The van der Waals surface area contributed by atoms with Crippen molar-refractivity contribution in [2.45, 2.75) is 38.3 Å². The van der Waals surface area contributed by atoms with E-state index in [2.05, 4.69) is 4.98 Å². The van der Waals surface area contributed by atoms with Crippen molar-refractivity contribution in [1.29, 1.82) is 0 Å². The number of aliphatic hydroxyl groups excluding tert-OH is 1. The van der Waals surface area contributed by atoms with Crippen LogP contribution in [0.5, 0.6) is 0 Å². The Kier molecular flexibility index (Phi) is 6.09. The molecule has 0 spiro atoms. The van der Waals surface area contributed by atoms with Gasteiger partial charge in [0, 0.05) is 45.2 Å². The van der Waals surface area contributed by atoms with Crippen LogP contribution in [0.2, 0.25) is 0 Å². The number of likely N-dealkylation sites (N-methyl/N-ethyl adjacent to an activating group) is 1. The molecule has 0 saturated carbocycles. The van der Waals surface area contributed by atoms with E-state index < -0.39 is 0 Å². The quantitative estimate of drug-likeness (QED) is 0.833. The Labute approximate surface area is 165 Å². The number of likely N-dealkylation sites (tertiary alicyclic amines) is 1. The van der Waals surface area contributed by atoms with Gasteiger partial charge in [-0.1, -0.05) is 37.3 Å². The van der Waals surface area contributed by atoms with Crippen LogP contribution >= 0.6 is 0 Å². The molecule has 2 aromatic rings. The Hall–Kier alpha value is -2.73. The predicted octanol–water partition coefficient (Wildman–Crippen LogP) is 2.29. The minimum absolute atomic E-state index is 0.0102. The van der Waals surface area contributed by atoms with Crippen LogP contribution in [0.15, 0.2) is 48.8 Å². The maximum Gasteiger partial charge on any atom is 0.222 e. The Morgan fingerprint density at radius 3 is 2.39 bits per heavy atom. The van der Waals surface area contributed by atoms with Gasteiger partial charge in [-0.3, -0.25) is 14.6 Å². The lowest BCUT2D eigenvalue weighted by Gasteiger charge is -2.55. The van der Waals surface area contributed by atoms with Crippen LogP contribution in [0.25, 0.3) is 11.1 Å². The summed E-state index contributed by atoms with van der Waals surface area (Å²) in [5, 5.41) is 9.89. The van der Waals surface area contributed by atoms with E-state index in [1.54, 1.807) is 23.0 Å². The van der Waals surface area contributed by atoms with Gasteiger partial charge in [-0.2, -0.15) is 0 Å². The molecule has 2 amide bonds. The average Bonchev–Trinajstić information content (AvgIpc) is 2.70. The Balaban J connectivity index is 1.86.